The van der Waals surface area contributed by atoms with E-state index in [1.165, 1.54) is 7.11 Å². The van der Waals surface area contributed by atoms with Crippen LogP contribution in [-0.2, 0) is 14.3 Å². The first kappa shape index (κ1) is 14.2. The van der Waals surface area contributed by atoms with Gasteiger partial charge in [0.15, 0.2) is 0 Å². The minimum Gasteiger partial charge on any atom is -0.469 e. The predicted molar refractivity (Wildman–Crippen MR) is 67.6 cm³/mol. The Bertz CT molecular complexity index is 406. The van der Waals surface area contributed by atoms with Gasteiger partial charge in [0.05, 0.1) is 25.6 Å². The van der Waals surface area contributed by atoms with E-state index >= 15 is 0 Å². The first-order valence-corrected chi connectivity index (χ1v) is 5.72. The van der Waals surface area contributed by atoms with Crippen LogP contribution in [0.15, 0.2) is 30.3 Å². The van der Waals surface area contributed by atoms with Gasteiger partial charge < -0.3 is 15.8 Å². The number of ether oxygens (including phenoxy) is 1. The summed E-state index contributed by atoms with van der Waals surface area (Å²) in [5, 5.41) is 2.73. The van der Waals surface area contributed by atoms with Crippen LogP contribution in [0.5, 0.6) is 0 Å². The number of benzene rings is 1. The van der Waals surface area contributed by atoms with Crippen LogP contribution >= 0.6 is 0 Å². The predicted octanol–water partition coefficient (Wildman–Crippen LogP) is 0.612. The minimum atomic E-state index is -0.479. The number of rotatable bonds is 5. The van der Waals surface area contributed by atoms with Crippen molar-refractivity contribution in [3.63, 3.8) is 0 Å². The molecule has 1 amide bonds. The van der Waals surface area contributed by atoms with Crippen LogP contribution in [0.25, 0.3) is 0 Å². The summed E-state index contributed by atoms with van der Waals surface area (Å²) in [5.41, 5.74) is 6.12. The summed E-state index contributed by atoms with van der Waals surface area (Å²) in [6.45, 7) is 1.59. The average Bonchev–Trinajstić information content (AvgIpc) is 2.43. The molecule has 0 aliphatic rings. The standard InChI is InChI=1S/C13H18N2O3/c1-9(13(17)18-2)12(15-11(16)8-14)10-6-4-3-5-7-10/h3-7,9,12H,8,14H2,1-2H3,(H,15,16). The smallest absolute Gasteiger partial charge is 0.310 e. The van der Waals surface area contributed by atoms with E-state index < -0.39 is 12.0 Å². The number of methoxy groups -OCH3 is 1. The molecule has 1 aromatic rings. The van der Waals surface area contributed by atoms with E-state index in [0.717, 1.165) is 5.56 Å². The van der Waals surface area contributed by atoms with Gasteiger partial charge in [-0.1, -0.05) is 30.3 Å². The summed E-state index contributed by atoms with van der Waals surface area (Å²) in [4.78, 5) is 23.0. The zero-order valence-electron chi connectivity index (χ0n) is 10.6. The molecule has 18 heavy (non-hydrogen) atoms. The first-order chi connectivity index (χ1) is 8.60. The summed E-state index contributed by atoms with van der Waals surface area (Å²) in [5.74, 6) is -1.16. The van der Waals surface area contributed by atoms with E-state index in [-0.39, 0.29) is 18.4 Å². The molecule has 0 aliphatic carbocycles. The van der Waals surface area contributed by atoms with Crippen molar-refractivity contribution >= 4 is 11.9 Å². The average molecular weight is 250 g/mol. The highest BCUT2D eigenvalue weighted by atomic mass is 16.5. The second-order valence-corrected chi connectivity index (χ2v) is 3.97. The monoisotopic (exact) mass is 250 g/mol. The summed E-state index contributed by atoms with van der Waals surface area (Å²) < 4.78 is 4.71. The molecule has 5 heteroatoms. The van der Waals surface area contributed by atoms with Crippen LogP contribution in [0, 0.1) is 5.92 Å². The van der Waals surface area contributed by atoms with Gasteiger partial charge in [0.2, 0.25) is 5.91 Å². The maximum atomic E-state index is 11.6. The Morgan fingerprint density at radius 2 is 1.94 bits per heavy atom. The van der Waals surface area contributed by atoms with Gasteiger partial charge in [-0.2, -0.15) is 0 Å². The number of carbonyl (C=O) groups is 2. The molecule has 0 saturated heterocycles. The van der Waals surface area contributed by atoms with Gasteiger partial charge >= 0.3 is 5.97 Å². The Kier molecular flexibility index (Phi) is 5.32. The molecule has 0 fully saturated rings. The molecule has 2 atom stereocenters. The Hall–Kier alpha value is -1.88. The van der Waals surface area contributed by atoms with Crippen molar-refractivity contribution in [2.45, 2.75) is 13.0 Å². The quantitative estimate of drug-likeness (QED) is 0.750. The van der Waals surface area contributed by atoms with Crippen molar-refractivity contribution in [1.82, 2.24) is 5.32 Å². The lowest BCUT2D eigenvalue weighted by atomic mass is 9.94. The summed E-state index contributed by atoms with van der Waals surface area (Å²) in [6.07, 6.45) is 0. The fraction of sp³-hybridized carbons (Fsp3) is 0.385. The van der Waals surface area contributed by atoms with Crippen LogP contribution in [0.1, 0.15) is 18.5 Å². The lowest BCUT2D eigenvalue weighted by Crippen LogP contribution is -2.39. The maximum Gasteiger partial charge on any atom is 0.310 e. The number of nitrogens with one attached hydrogen (secondary N) is 1. The molecule has 3 N–H and O–H groups in total. The van der Waals surface area contributed by atoms with Crippen molar-refractivity contribution in [2.24, 2.45) is 11.7 Å². The molecule has 0 spiro atoms. The zero-order chi connectivity index (χ0) is 13.5. The minimum absolute atomic E-state index is 0.114. The van der Waals surface area contributed by atoms with Crippen LogP contribution in [0.4, 0.5) is 0 Å². The normalized spacial score (nSPS) is 13.5. The molecule has 0 radical (unpaired) electrons. The second-order valence-electron chi connectivity index (χ2n) is 3.97. The molecular weight excluding hydrogens is 232 g/mol. The lowest BCUT2D eigenvalue weighted by molar-refractivity contribution is -0.146. The molecule has 0 bridgehead atoms. The van der Waals surface area contributed by atoms with Crippen molar-refractivity contribution in [3.05, 3.63) is 35.9 Å². The number of hydrogen-bond donors (Lipinski definition) is 2. The Labute approximate surface area is 106 Å². The van der Waals surface area contributed by atoms with E-state index in [9.17, 15) is 9.59 Å². The van der Waals surface area contributed by atoms with Crippen molar-refractivity contribution in [1.29, 1.82) is 0 Å². The van der Waals surface area contributed by atoms with Gasteiger partial charge in [-0.05, 0) is 12.5 Å². The summed E-state index contributed by atoms with van der Waals surface area (Å²) >= 11 is 0. The third-order valence-corrected chi connectivity index (χ3v) is 2.73. The third-order valence-electron chi connectivity index (χ3n) is 2.73. The fourth-order valence-electron chi connectivity index (χ4n) is 1.71. The molecule has 5 nitrogen and oxygen atoms in total. The van der Waals surface area contributed by atoms with Gasteiger partial charge in [0.25, 0.3) is 0 Å². The topological polar surface area (TPSA) is 81.4 Å². The third kappa shape index (κ3) is 3.56. The summed E-state index contributed by atoms with van der Waals surface area (Å²) in [7, 11) is 1.33. The number of carbonyl (C=O) groups excluding carboxylic acids is 2. The van der Waals surface area contributed by atoms with Gasteiger partial charge in [-0.3, -0.25) is 9.59 Å². The largest absolute Gasteiger partial charge is 0.469 e. The van der Waals surface area contributed by atoms with Crippen molar-refractivity contribution < 1.29 is 14.3 Å². The maximum absolute atomic E-state index is 11.6. The molecule has 0 aliphatic heterocycles. The Morgan fingerprint density at radius 1 is 1.33 bits per heavy atom. The van der Waals surface area contributed by atoms with E-state index in [1.807, 2.05) is 30.3 Å². The van der Waals surface area contributed by atoms with Crippen LogP contribution in [-0.4, -0.2) is 25.5 Å². The van der Waals surface area contributed by atoms with E-state index in [4.69, 9.17) is 10.5 Å². The van der Waals surface area contributed by atoms with Crippen molar-refractivity contribution in [2.75, 3.05) is 13.7 Å². The highest BCUT2D eigenvalue weighted by Crippen LogP contribution is 2.22. The number of hydrogen-bond acceptors (Lipinski definition) is 4. The first-order valence-electron chi connectivity index (χ1n) is 5.72. The van der Waals surface area contributed by atoms with Crippen LogP contribution in [0.3, 0.4) is 0 Å². The van der Waals surface area contributed by atoms with E-state index in [2.05, 4.69) is 5.32 Å². The molecule has 0 saturated carbocycles. The zero-order valence-corrected chi connectivity index (χ0v) is 10.6. The van der Waals surface area contributed by atoms with Crippen LogP contribution in [0.2, 0.25) is 0 Å². The van der Waals surface area contributed by atoms with Gasteiger partial charge in [0.1, 0.15) is 0 Å². The number of esters is 1. The molecular formula is C13H18N2O3. The van der Waals surface area contributed by atoms with Gasteiger partial charge in [-0.15, -0.1) is 0 Å². The van der Waals surface area contributed by atoms with E-state index in [0.29, 0.717) is 0 Å². The Morgan fingerprint density at radius 3 is 2.44 bits per heavy atom. The van der Waals surface area contributed by atoms with Gasteiger partial charge in [0, 0.05) is 0 Å². The van der Waals surface area contributed by atoms with E-state index in [1.54, 1.807) is 6.92 Å². The molecule has 0 aromatic heterocycles. The van der Waals surface area contributed by atoms with Crippen LogP contribution < -0.4 is 11.1 Å². The number of nitrogens with two attached hydrogens (primary N) is 1. The molecule has 0 heterocycles. The molecule has 1 aromatic carbocycles. The molecule has 98 valence electrons. The summed E-state index contributed by atoms with van der Waals surface area (Å²) in [6, 6.07) is 8.83. The second kappa shape index (κ2) is 6.76. The highest BCUT2D eigenvalue weighted by Gasteiger charge is 2.27. The molecule has 1 rings (SSSR count). The SMILES string of the molecule is COC(=O)C(C)C(NC(=O)CN)c1ccccc1. The fourth-order valence-corrected chi connectivity index (χ4v) is 1.71. The van der Waals surface area contributed by atoms with Crippen molar-refractivity contribution in [3.8, 4) is 0 Å². The highest BCUT2D eigenvalue weighted by molar-refractivity contribution is 5.80. The number of amides is 1. The lowest BCUT2D eigenvalue weighted by Gasteiger charge is -2.23. The van der Waals surface area contributed by atoms with Gasteiger partial charge in [-0.25, -0.2) is 0 Å². The Balaban J connectivity index is 2.95. The molecule has 2 unspecified atom stereocenters.